The summed E-state index contributed by atoms with van der Waals surface area (Å²) in [5.74, 6) is -0.598. The summed E-state index contributed by atoms with van der Waals surface area (Å²) in [6.45, 7) is 0.210. The van der Waals surface area contributed by atoms with Crippen LogP contribution in [0.1, 0.15) is 22.3 Å². The molecule has 0 bridgehead atoms. The van der Waals surface area contributed by atoms with Crippen LogP contribution in [0, 0.1) is 10.1 Å². The number of rotatable bonds is 3. The van der Waals surface area contributed by atoms with E-state index in [0.29, 0.717) is 16.8 Å². The Hall–Kier alpha value is -2.97. The van der Waals surface area contributed by atoms with E-state index in [1.165, 1.54) is 28.0 Å². The lowest BCUT2D eigenvalue weighted by Crippen LogP contribution is -2.44. The Bertz CT molecular complexity index is 995. The molecule has 8 nitrogen and oxygen atoms in total. The van der Waals surface area contributed by atoms with Gasteiger partial charge in [0.2, 0.25) is 5.91 Å². The lowest BCUT2D eigenvalue weighted by Gasteiger charge is -2.26. The van der Waals surface area contributed by atoms with Gasteiger partial charge in [-0.2, -0.15) is 0 Å². The van der Waals surface area contributed by atoms with Gasteiger partial charge in [-0.15, -0.1) is 0 Å². The highest BCUT2D eigenvalue weighted by Crippen LogP contribution is 2.34. The molecule has 2 aliphatic heterocycles. The molecule has 2 atom stereocenters. The second-order valence-corrected chi connectivity index (χ2v) is 7.25. The van der Waals surface area contributed by atoms with Crippen LogP contribution in [0.2, 0.25) is 5.02 Å². The highest BCUT2D eigenvalue weighted by molar-refractivity contribution is 6.32. The van der Waals surface area contributed by atoms with E-state index in [4.69, 9.17) is 11.6 Å². The summed E-state index contributed by atoms with van der Waals surface area (Å²) >= 11 is 6.00. The normalized spacial score (nSPS) is 21.4. The van der Waals surface area contributed by atoms with Crippen LogP contribution in [0.3, 0.4) is 0 Å². The number of hydrogen-bond donors (Lipinski definition) is 1. The van der Waals surface area contributed by atoms with Crippen molar-refractivity contribution in [2.75, 3.05) is 11.4 Å². The van der Waals surface area contributed by atoms with Crippen molar-refractivity contribution in [2.45, 2.75) is 25.1 Å². The highest BCUT2D eigenvalue weighted by atomic mass is 35.5. The molecule has 0 spiro atoms. The Kier molecular flexibility index (Phi) is 4.52. The van der Waals surface area contributed by atoms with Gasteiger partial charge in [-0.3, -0.25) is 19.7 Å². The lowest BCUT2D eigenvalue weighted by atomic mass is 10.1. The Morgan fingerprint density at radius 2 is 1.96 bits per heavy atom. The quantitative estimate of drug-likeness (QED) is 0.628. The van der Waals surface area contributed by atoms with Crippen molar-refractivity contribution in [1.82, 2.24) is 4.90 Å². The number of benzene rings is 2. The van der Waals surface area contributed by atoms with E-state index in [0.717, 1.165) is 0 Å². The largest absolute Gasteiger partial charge is 0.391 e. The number of amides is 2. The monoisotopic (exact) mass is 401 g/mol. The maximum atomic E-state index is 13.2. The van der Waals surface area contributed by atoms with Crippen LogP contribution in [0.4, 0.5) is 11.4 Å². The lowest BCUT2D eigenvalue weighted by molar-refractivity contribution is -0.384. The number of nitro groups is 1. The molecule has 0 unspecified atom stereocenters. The van der Waals surface area contributed by atoms with Crippen molar-refractivity contribution in [1.29, 1.82) is 0 Å². The SMILES string of the molecule is O=C1[C@@H]2C[C@@H](O)CN2C(=O)c2ccccc2N1Cc1ccc([N+](=O)[O-])c(Cl)c1. The van der Waals surface area contributed by atoms with E-state index in [2.05, 4.69) is 0 Å². The molecule has 2 aromatic carbocycles. The second-order valence-electron chi connectivity index (χ2n) is 6.85. The van der Waals surface area contributed by atoms with E-state index in [1.54, 1.807) is 24.3 Å². The molecule has 1 N–H and O–H groups in total. The molecule has 2 heterocycles. The minimum absolute atomic E-state index is 0.0213. The summed E-state index contributed by atoms with van der Waals surface area (Å²) in [5.41, 5.74) is 1.22. The zero-order valence-electron chi connectivity index (χ0n) is 14.6. The molecule has 0 aromatic heterocycles. The number of halogens is 1. The Balaban J connectivity index is 1.76. The molecule has 1 saturated heterocycles. The maximum Gasteiger partial charge on any atom is 0.287 e. The third-order valence-electron chi connectivity index (χ3n) is 5.07. The summed E-state index contributed by atoms with van der Waals surface area (Å²) in [7, 11) is 0. The first-order chi connectivity index (χ1) is 13.4. The first-order valence-corrected chi connectivity index (χ1v) is 9.07. The number of hydrogen-bond acceptors (Lipinski definition) is 5. The average molecular weight is 402 g/mol. The highest BCUT2D eigenvalue weighted by Gasteiger charge is 2.44. The zero-order valence-corrected chi connectivity index (χ0v) is 15.4. The van der Waals surface area contributed by atoms with Gasteiger partial charge in [0.05, 0.1) is 28.8 Å². The van der Waals surface area contributed by atoms with Crippen LogP contribution in [0.25, 0.3) is 0 Å². The Morgan fingerprint density at radius 1 is 1.21 bits per heavy atom. The van der Waals surface area contributed by atoms with Gasteiger partial charge >= 0.3 is 0 Å². The Labute approximate surface area is 165 Å². The number of aliphatic hydroxyl groups excluding tert-OH is 1. The van der Waals surface area contributed by atoms with Crippen molar-refractivity contribution in [2.24, 2.45) is 0 Å². The minimum atomic E-state index is -0.751. The maximum absolute atomic E-state index is 13.2. The van der Waals surface area contributed by atoms with Crippen molar-refractivity contribution in [3.8, 4) is 0 Å². The van der Waals surface area contributed by atoms with Gasteiger partial charge < -0.3 is 14.9 Å². The molecular formula is C19H16ClN3O5. The fraction of sp³-hybridized carbons (Fsp3) is 0.263. The fourth-order valence-electron chi connectivity index (χ4n) is 3.76. The molecule has 9 heteroatoms. The van der Waals surface area contributed by atoms with Gasteiger partial charge in [0.1, 0.15) is 11.1 Å². The van der Waals surface area contributed by atoms with Gasteiger partial charge in [0.25, 0.3) is 11.6 Å². The number of nitrogens with zero attached hydrogens (tertiary/aromatic N) is 3. The molecule has 2 amide bonds. The van der Waals surface area contributed by atoms with Gasteiger partial charge in [-0.25, -0.2) is 0 Å². The van der Waals surface area contributed by atoms with Gasteiger partial charge in [-0.1, -0.05) is 29.8 Å². The van der Waals surface area contributed by atoms with E-state index in [-0.39, 0.29) is 42.0 Å². The Morgan fingerprint density at radius 3 is 2.68 bits per heavy atom. The van der Waals surface area contributed by atoms with Crippen LogP contribution in [-0.4, -0.2) is 45.4 Å². The molecule has 144 valence electrons. The summed E-state index contributed by atoms with van der Waals surface area (Å²) in [5, 5.41) is 20.9. The third kappa shape index (κ3) is 3.00. The molecule has 0 radical (unpaired) electrons. The summed E-state index contributed by atoms with van der Waals surface area (Å²) in [6.07, 6.45) is -0.574. The van der Waals surface area contributed by atoms with Crippen molar-refractivity contribution in [3.63, 3.8) is 0 Å². The summed E-state index contributed by atoms with van der Waals surface area (Å²) in [4.78, 5) is 39.4. The topological polar surface area (TPSA) is 104 Å². The van der Waals surface area contributed by atoms with E-state index >= 15 is 0 Å². The molecule has 4 rings (SSSR count). The number of nitro benzene ring substituents is 1. The molecule has 1 fully saturated rings. The molecule has 28 heavy (non-hydrogen) atoms. The van der Waals surface area contributed by atoms with Gasteiger partial charge in [0.15, 0.2) is 0 Å². The third-order valence-corrected chi connectivity index (χ3v) is 5.37. The van der Waals surface area contributed by atoms with Crippen LogP contribution in [0.15, 0.2) is 42.5 Å². The van der Waals surface area contributed by atoms with Crippen molar-refractivity contribution in [3.05, 3.63) is 68.7 Å². The molecule has 2 aromatic rings. The fourth-order valence-corrected chi connectivity index (χ4v) is 4.03. The van der Waals surface area contributed by atoms with Crippen LogP contribution >= 0.6 is 11.6 Å². The average Bonchev–Trinajstić information content (AvgIpc) is 3.03. The minimum Gasteiger partial charge on any atom is -0.391 e. The van der Waals surface area contributed by atoms with E-state index in [9.17, 15) is 24.8 Å². The molecule has 0 saturated carbocycles. The van der Waals surface area contributed by atoms with Crippen LogP contribution in [0.5, 0.6) is 0 Å². The number of para-hydroxylation sites is 1. The molecule has 0 aliphatic carbocycles. The number of fused-ring (bicyclic) bond motifs is 2. The standard InChI is InChI=1S/C19H16ClN3O5/c20-14-7-11(5-6-16(14)23(27)28)9-21-15-4-2-1-3-13(15)18(25)22-10-12(24)8-17(22)19(21)26/h1-7,12,17,24H,8-10H2/t12-,17+/m1/s1. The predicted molar refractivity (Wildman–Crippen MR) is 101 cm³/mol. The van der Waals surface area contributed by atoms with Crippen molar-refractivity contribution >= 4 is 34.8 Å². The first-order valence-electron chi connectivity index (χ1n) is 8.69. The first kappa shape index (κ1) is 18.4. The van der Waals surface area contributed by atoms with Crippen molar-refractivity contribution < 1.29 is 19.6 Å². The van der Waals surface area contributed by atoms with Crippen LogP contribution < -0.4 is 4.90 Å². The number of aliphatic hydroxyl groups is 1. The second kappa shape index (κ2) is 6.88. The number of anilines is 1. The summed E-state index contributed by atoms with van der Waals surface area (Å²) in [6, 6.07) is 10.3. The predicted octanol–water partition coefficient (Wildman–Crippen LogP) is 2.37. The van der Waals surface area contributed by atoms with E-state index in [1.807, 2.05) is 0 Å². The van der Waals surface area contributed by atoms with E-state index < -0.39 is 17.1 Å². The smallest absolute Gasteiger partial charge is 0.287 e. The van der Waals surface area contributed by atoms with Gasteiger partial charge in [0, 0.05) is 19.0 Å². The van der Waals surface area contributed by atoms with Gasteiger partial charge in [-0.05, 0) is 23.8 Å². The zero-order chi connectivity index (χ0) is 20.0. The molecule has 2 aliphatic rings. The number of carbonyl (C=O) groups excluding carboxylic acids is 2. The van der Waals surface area contributed by atoms with Crippen LogP contribution in [-0.2, 0) is 11.3 Å². The number of carbonyl (C=O) groups is 2. The molecular weight excluding hydrogens is 386 g/mol. The summed E-state index contributed by atoms with van der Waals surface area (Å²) < 4.78 is 0.